The monoisotopic (exact) mass is 436 g/mol. The molecule has 8 heteroatoms. The van der Waals surface area contributed by atoms with Crippen molar-refractivity contribution < 1.29 is 19.1 Å². The van der Waals surface area contributed by atoms with E-state index in [-0.39, 0.29) is 18.4 Å². The van der Waals surface area contributed by atoms with E-state index in [2.05, 4.69) is 0 Å². The SMILES string of the molecule is O=C(CCCC[C@@H]1CCSS1)N1CCN(C(=O)[C@H]2COc3ccccc3O2)CC1. The van der Waals surface area contributed by atoms with Crippen molar-refractivity contribution in [2.24, 2.45) is 0 Å². The first-order chi connectivity index (χ1) is 14.2. The number of carbonyl (C=O) groups is 2. The molecule has 2 fully saturated rings. The lowest BCUT2D eigenvalue weighted by molar-refractivity contribution is -0.146. The first kappa shape index (κ1) is 20.7. The molecule has 2 saturated heterocycles. The van der Waals surface area contributed by atoms with E-state index in [1.54, 1.807) is 4.90 Å². The Bertz CT molecular complexity index is 718. The van der Waals surface area contributed by atoms with Gasteiger partial charge in [-0.3, -0.25) is 9.59 Å². The molecule has 1 aromatic rings. The van der Waals surface area contributed by atoms with Gasteiger partial charge in [-0.1, -0.05) is 40.1 Å². The molecule has 0 spiro atoms. The van der Waals surface area contributed by atoms with Crippen LogP contribution < -0.4 is 9.47 Å². The van der Waals surface area contributed by atoms with Gasteiger partial charge in [-0.15, -0.1) is 0 Å². The molecule has 0 bridgehead atoms. The van der Waals surface area contributed by atoms with Gasteiger partial charge >= 0.3 is 0 Å². The molecule has 3 aliphatic rings. The minimum Gasteiger partial charge on any atom is -0.485 e. The number of para-hydroxylation sites is 2. The Morgan fingerprint density at radius 2 is 1.79 bits per heavy atom. The van der Waals surface area contributed by atoms with Crippen LogP contribution >= 0.6 is 21.6 Å². The first-order valence-corrected chi connectivity index (χ1v) is 12.8. The fourth-order valence-electron chi connectivity index (χ4n) is 3.89. The van der Waals surface area contributed by atoms with Crippen LogP contribution in [0.4, 0.5) is 0 Å². The van der Waals surface area contributed by atoms with Gasteiger partial charge in [0.2, 0.25) is 12.0 Å². The molecule has 1 aromatic carbocycles. The van der Waals surface area contributed by atoms with Crippen LogP contribution in [-0.4, -0.2) is 71.5 Å². The molecule has 3 aliphatic heterocycles. The molecule has 2 atom stereocenters. The highest BCUT2D eigenvalue weighted by molar-refractivity contribution is 8.77. The number of fused-ring (bicyclic) bond motifs is 1. The van der Waals surface area contributed by atoms with E-state index < -0.39 is 6.10 Å². The lowest BCUT2D eigenvalue weighted by Gasteiger charge is -2.37. The largest absolute Gasteiger partial charge is 0.485 e. The van der Waals surface area contributed by atoms with Crippen molar-refractivity contribution in [2.75, 3.05) is 38.5 Å². The summed E-state index contributed by atoms with van der Waals surface area (Å²) in [6.45, 7) is 2.55. The van der Waals surface area contributed by atoms with Crippen LogP contribution in [0.1, 0.15) is 32.1 Å². The molecule has 4 rings (SSSR count). The van der Waals surface area contributed by atoms with E-state index in [0.29, 0.717) is 44.1 Å². The third kappa shape index (κ3) is 5.34. The van der Waals surface area contributed by atoms with Crippen molar-refractivity contribution >= 4 is 33.4 Å². The third-order valence-corrected chi connectivity index (χ3v) is 8.63. The summed E-state index contributed by atoms with van der Waals surface area (Å²) in [5, 5.41) is 0.780. The Hall–Kier alpha value is -1.54. The lowest BCUT2D eigenvalue weighted by atomic mass is 10.1. The summed E-state index contributed by atoms with van der Waals surface area (Å²) in [6.07, 6.45) is 4.63. The highest BCUT2D eigenvalue weighted by atomic mass is 33.1. The van der Waals surface area contributed by atoms with E-state index in [1.807, 2.05) is 50.8 Å². The van der Waals surface area contributed by atoms with Gasteiger partial charge in [-0.05, 0) is 31.4 Å². The maximum atomic E-state index is 12.8. The van der Waals surface area contributed by atoms with Crippen molar-refractivity contribution in [3.05, 3.63) is 24.3 Å². The van der Waals surface area contributed by atoms with E-state index in [1.165, 1.54) is 18.6 Å². The highest BCUT2D eigenvalue weighted by Crippen LogP contribution is 2.40. The van der Waals surface area contributed by atoms with Gasteiger partial charge in [0, 0.05) is 43.6 Å². The molecular weight excluding hydrogens is 408 g/mol. The van der Waals surface area contributed by atoms with Crippen molar-refractivity contribution in [2.45, 2.75) is 43.5 Å². The average Bonchev–Trinajstić information content (AvgIpc) is 3.29. The second-order valence-corrected chi connectivity index (χ2v) is 10.4. The predicted molar refractivity (Wildman–Crippen MR) is 116 cm³/mol. The van der Waals surface area contributed by atoms with Crippen LogP contribution in [0, 0.1) is 0 Å². The van der Waals surface area contributed by atoms with E-state index in [9.17, 15) is 9.59 Å². The molecule has 6 nitrogen and oxygen atoms in total. The fourth-order valence-corrected chi connectivity index (χ4v) is 6.92. The summed E-state index contributed by atoms with van der Waals surface area (Å²) in [6, 6.07) is 7.40. The number of ether oxygens (including phenoxy) is 2. The summed E-state index contributed by atoms with van der Waals surface area (Å²) in [5.74, 6) is 2.72. The van der Waals surface area contributed by atoms with Gasteiger partial charge in [-0.25, -0.2) is 0 Å². The van der Waals surface area contributed by atoms with Crippen molar-refractivity contribution in [3.8, 4) is 11.5 Å². The third-order valence-electron chi connectivity index (χ3n) is 5.62. The number of unbranched alkanes of at least 4 members (excludes halogenated alkanes) is 1. The van der Waals surface area contributed by atoms with Crippen LogP contribution in [0.3, 0.4) is 0 Å². The normalized spacial score (nSPS) is 23.9. The number of piperazine rings is 1. The number of nitrogens with zero attached hydrogens (tertiary/aromatic N) is 2. The Kier molecular flexibility index (Phi) is 7.13. The maximum absolute atomic E-state index is 12.8. The zero-order valence-electron chi connectivity index (χ0n) is 16.6. The number of hydrogen-bond donors (Lipinski definition) is 0. The van der Waals surface area contributed by atoms with Crippen molar-refractivity contribution in [1.82, 2.24) is 9.80 Å². The molecule has 0 saturated carbocycles. The van der Waals surface area contributed by atoms with E-state index >= 15 is 0 Å². The maximum Gasteiger partial charge on any atom is 0.267 e. The number of hydrogen-bond acceptors (Lipinski definition) is 6. The number of carbonyl (C=O) groups excluding carboxylic acids is 2. The number of rotatable bonds is 6. The van der Waals surface area contributed by atoms with Crippen molar-refractivity contribution in [3.63, 3.8) is 0 Å². The van der Waals surface area contributed by atoms with Crippen LogP contribution in [0.15, 0.2) is 24.3 Å². The quantitative estimate of drug-likeness (QED) is 0.504. The first-order valence-electron chi connectivity index (χ1n) is 10.4. The van der Waals surface area contributed by atoms with E-state index in [0.717, 1.165) is 18.1 Å². The molecule has 0 unspecified atom stereocenters. The molecule has 2 amide bonds. The van der Waals surface area contributed by atoms with Crippen LogP contribution in [0.5, 0.6) is 11.5 Å². The zero-order chi connectivity index (χ0) is 20.1. The van der Waals surface area contributed by atoms with Gasteiger partial charge in [0.1, 0.15) is 6.61 Å². The van der Waals surface area contributed by atoms with E-state index in [4.69, 9.17) is 9.47 Å². The van der Waals surface area contributed by atoms with Gasteiger partial charge in [-0.2, -0.15) is 0 Å². The van der Waals surface area contributed by atoms with Crippen molar-refractivity contribution in [1.29, 1.82) is 0 Å². The fraction of sp³-hybridized carbons (Fsp3) is 0.619. The van der Waals surface area contributed by atoms with Crippen LogP contribution in [0.2, 0.25) is 0 Å². The molecule has 158 valence electrons. The van der Waals surface area contributed by atoms with Gasteiger partial charge < -0.3 is 19.3 Å². The Balaban J connectivity index is 1.17. The molecular formula is C21H28N2O4S2. The Morgan fingerprint density at radius 3 is 2.55 bits per heavy atom. The van der Waals surface area contributed by atoms with Crippen LogP contribution in [0.25, 0.3) is 0 Å². The molecule has 0 N–H and O–H groups in total. The second-order valence-electron chi connectivity index (χ2n) is 7.64. The second kappa shape index (κ2) is 9.98. The Morgan fingerprint density at radius 1 is 1.03 bits per heavy atom. The average molecular weight is 437 g/mol. The van der Waals surface area contributed by atoms with Gasteiger partial charge in [0.25, 0.3) is 5.91 Å². The smallest absolute Gasteiger partial charge is 0.267 e. The molecule has 0 radical (unpaired) electrons. The minimum absolute atomic E-state index is 0.0569. The van der Waals surface area contributed by atoms with Gasteiger partial charge in [0.05, 0.1) is 0 Å². The summed E-state index contributed by atoms with van der Waals surface area (Å²) in [5.41, 5.74) is 0. The highest BCUT2D eigenvalue weighted by Gasteiger charge is 2.33. The number of benzene rings is 1. The molecule has 29 heavy (non-hydrogen) atoms. The summed E-state index contributed by atoms with van der Waals surface area (Å²) < 4.78 is 11.5. The van der Waals surface area contributed by atoms with Crippen LogP contribution in [-0.2, 0) is 9.59 Å². The zero-order valence-corrected chi connectivity index (χ0v) is 18.2. The summed E-state index contributed by atoms with van der Waals surface area (Å²) >= 11 is 0. The lowest BCUT2D eigenvalue weighted by Crippen LogP contribution is -2.55. The molecule has 3 heterocycles. The minimum atomic E-state index is -0.612. The summed E-state index contributed by atoms with van der Waals surface area (Å²) in [7, 11) is 3.98. The topological polar surface area (TPSA) is 59.1 Å². The Labute approximate surface area is 180 Å². The number of amides is 2. The summed E-state index contributed by atoms with van der Waals surface area (Å²) in [4.78, 5) is 29.0. The molecule has 0 aromatic heterocycles. The van der Waals surface area contributed by atoms with Gasteiger partial charge in [0.15, 0.2) is 11.5 Å². The predicted octanol–water partition coefficient (Wildman–Crippen LogP) is 3.21. The molecule has 0 aliphatic carbocycles. The standard InChI is InChI=1S/C21H28N2O4S2/c24-20(8-4-1-5-16-9-14-28-29-16)22-10-12-23(13-11-22)21(25)19-15-26-17-6-2-3-7-18(17)27-19/h2-3,6-7,16,19H,1,4-5,8-15H2/t16-,19-/m1/s1.